The molecule has 25 heavy (non-hydrogen) atoms. The summed E-state index contributed by atoms with van der Waals surface area (Å²) in [6.07, 6.45) is 8.84. The smallest absolute Gasteiger partial charge is 0.215 e. The standard InChI is InChI=1S/C20H14N4O/c1-3-18-12(8-9-21)13-10-17-16(11-19(13)25-18)23(2)20-22-14-6-4-5-7-15(14)24(17)20/h1,4-11H,21H2,2H3/b9-8-. The van der Waals surface area contributed by atoms with E-state index in [0.717, 1.165) is 44.4 Å². The van der Waals surface area contributed by atoms with Gasteiger partial charge in [0, 0.05) is 24.1 Å². The molecule has 0 aliphatic rings. The summed E-state index contributed by atoms with van der Waals surface area (Å²) in [7, 11) is 2.00. The third-order valence-corrected chi connectivity index (χ3v) is 4.66. The quantitative estimate of drug-likeness (QED) is 0.478. The highest BCUT2D eigenvalue weighted by molar-refractivity contribution is 6.01. The third-order valence-electron chi connectivity index (χ3n) is 4.66. The molecule has 2 N–H and O–H groups in total. The fourth-order valence-corrected chi connectivity index (χ4v) is 3.54. The Balaban J connectivity index is 2.02. The van der Waals surface area contributed by atoms with Crippen LogP contribution >= 0.6 is 0 Å². The first-order valence-electron chi connectivity index (χ1n) is 7.90. The van der Waals surface area contributed by atoms with Crippen molar-refractivity contribution < 1.29 is 4.42 Å². The number of terminal acetylenes is 1. The van der Waals surface area contributed by atoms with Crippen molar-refractivity contribution in [2.75, 3.05) is 0 Å². The summed E-state index contributed by atoms with van der Waals surface area (Å²) in [5.41, 5.74) is 11.3. The van der Waals surface area contributed by atoms with Crippen molar-refractivity contribution >= 4 is 44.9 Å². The SMILES string of the molecule is C#Cc1oc2cc3c(cc2c1/C=C\N)n1c2ccccc2nc1n3C. The van der Waals surface area contributed by atoms with Gasteiger partial charge in [0.05, 0.1) is 22.1 Å². The summed E-state index contributed by atoms with van der Waals surface area (Å²) < 4.78 is 10.1. The molecule has 0 radical (unpaired) electrons. The minimum absolute atomic E-state index is 0.485. The van der Waals surface area contributed by atoms with Crippen LogP contribution in [0.1, 0.15) is 11.3 Å². The molecule has 0 amide bonds. The monoisotopic (exact) mass is 326 g/mol. The first-order chi connectivity index (χ1) is 12.2. The van der Waals surface area contributed by atoms with E-state index in [-0.39, 0.29) is 0 Å². The molecule has 0 saturated carbocycles. The van der Waals surface area contributed by atoms with E-state index in [4.69, 9.17) is 21.6 Å². The molecule has 5 heteroatoms. The number of aryl methyl sites for hydroxylation is 1. The number of para-hydroxylation sites is 2. The fraction of sp³-hybridized carbons (Fsp3) is 0.0500. The second kappa shape index (κ2) is 4.68. The maximum atomic E-state index is 5.84. The number of nitrogens with two attached hydrogens (primary N) is 1. The van der Waals surface area contributed by atoms with E-state index in [1.54, 1.807) is 6.08 Å². The van der Waals surface area contributed by atoms with Crippen molar-refractivity contribution in [3.8, 4) is 12.3 Å². The van der Waals surface area contributed by atoms with Crippen molar-refractivity contribution in [3.05, 3.63) is 53.9 Å². The molecule has 5 aromatic rings. The Morgan fingerprint density at radius 2 is 2.04 bits per heavy atom. The Kier molecular flexibility index (Phi) is 2.58. The van der Waals surface area contributed by atoms with Gasteiger partial charge in [0.25, 0.3) is 0 Å². The fourth-order valence-electron chi connectivity index (χ4n) is 3.54. The highest BCUT2D eigenvalue weighted by Gasteiger charge is 2.18. The predicted molar refractivity (Wildman–Crippen MR) is 100 cm³/mol. The summed E-state index contributed by atoms with van der Waals surface area (Å²) in [4.78, 5) is 4.75. The van der Waals surface area contributed by atoms with Gasteiger partial charge in [-0.25, -0.2) is 4.98 Å². The third kappa shape index (κ3) is 1.65. The van der Waals surface area contributed by atoms with Crippen LogP contribution in [0.3, 0.4) is 0 Å². The van der Waals surface area contributed by atoms with Crippen LogP contribution in [-0.4, -0.2) is 14.0 Å². The molecule has 0 saturated heterocycles. The zero-order valence-corrected chi connectivity index (χ0v) is 13.5. The van der Waals surface area contributed by atoms with Crippen LogP contribution in [0.15, 0.2) is 47.0 Å². The van der Waals surface area contributed by atoms with Gasteiger partial charge in [-0.15, -0.1) is 6.42 Å². The molecular weight excluding hydrogens is 312 g/mol. The molecule has 3 aromatic heterocycles. The molecule has 0 spiro atoms. The lowest BCUT2D eigenvalue weighted by molar-refractivity contribution is 0.601. The average molecular weight is 326 g/mol. The molecule has 0 aliphatic heterocycles. The molecule has 0 aliphatic carbocycles. The number of aromatic nitrogens is 3. The lowest BCUT2D eigenvalue weighted by Gasteiger charge is -1.97. The summed E-state index contributed by atoms with van der Waals surface area (Å²) >= 11 is 0. The zero-order chi connectivity index (χ0) is 17.1. The van der Waals surface area contributed by atoms with Crippen molar-refractivity contribution in [1.82, 2.24) is 14.0 Å². The molecule has 3 heterocycles. The normalized spacial score (nSPS) is 12.2. The van der Waals surface area contributed by atoms with E-state index in [0.29, 0.717) is 5.76 Å². The lowest BCUT2D eigenvalue weighted by atomic mass is 10.1. The number of hydrogen-bond acceptors (Lipinski definition) is 3. The van der Waals surface area contributed by atoms with E-state index in [2.05, 4.69) is 27.0 Å². The molecule has 0 unspecified atom stereocenters. The Morgan fingerprint density at radius 3 is 2.84 bits per heavy atom. The lowest BCUT2D eigenvalue weighted by Crippen LogP contribution is -1.87. The maximum absolute atomic E-state index is 5.84. The van der Waals surface area contributed by atoms with Gasteiger partial charge in [0.1, 0.15) is 5.58 Å². The molecule has 0 fully saturated rings. The molecule has 120 valence electrons. The van der Waals surface area contributed by atoms with Gasteiger partial charge < -0.3 is 14.7 Å². The van der Waals surface area contributed by atoms with Gasteiger partial charge >= 0.3 is 0 Å². The summed E-state index contributed by atoms with van der Waals surface area (Å²) in [6.45, 7) is 0. The van der Waals surface area contributed by atoms with Crippen LogP contribution in [0.2, 0.25) is 0 Å². The minimum atomic E-state index is 0.485. The van der Waals surface area contributed by atoms with Crippen LogP contribution in [0.25, 0.3) is 44.9 Å². The number of imidazole rings is 2. The highest BCUT2D eigenvalue weighted by atomic mass is 16.3. The van der Waals surface area contributed by atoms with Gasteiger partial charge in [-0.3, -0.25) is 4.40 Å². The van der Waals surface area contributed by atoms with Crippen LogP contribution in [-0.2, 0) is 7.05 Å². The van der Waals surface area contributed by atoms with Gasteiger partial charge in [0.15, 0.2) is 5.76 Å². The van der Waals surface area contributed by atoms with Gasteiger partial charge in [-0.1, -0.05) is 12.1 Å². The van der Waals surface area contributed by atoms with Crippen molar-refractivity contribution in [3.63, 3.8) is 0 Å². The first-order valence-corrected chi connectivity index (χ1v) is 7.90. The summed E-state index contributed by atoms with van der Waals surface area (Å²) in [5.74, 6) is 3.96. The Bertz CT molecular complexity index is 1370. The number of rotatable bonds is 1. The largest absolute Gasteiger partial charge is 0.447 e. The minimum Gasteiger partial charge on any atom is -0.447 e. The van der Waals surface area contributed by atoms with E-state index in [1.165, 1.54) is 6.20 Å². The zero-order valence-electron chi connectivity index (χ0n) is 13.5. The Morgan fingerprint density at radius 1 is 1.20 bits per heavy atom. The Labute approximate surface area is 143 Å². The summed E-state index contributed by atoms with van der Waals surface area (Å²) in [5, 5.41) is 0.937. The second-order valence-corrected chi connectivity index (χ2v) is 5.98. The second-order valence-electron chi connectivity index (χ2n) is 5.98. The van der Waals surface area contributed by atoms with Crippen LogP contribution < -0.4 is 5.73 Å². The molecular formula is C20H14N4O. The number of nitrogens with zero attached hydrogens (tertiary/aromatic N) is 3. The van der Waals surface area contributed by atoms with E-state index < -0.39 is 0 Å². The molecule has 0 bridgehead atoms. The maximum Gasteiger partial charge on any atom is 0.215 e. The molecule has 0 atom stereocenters. The topological polar surface area (TPSA) is 61.4 Å². The average Bonchev–Trinajstić information content (AvgIpc) is 3.25. The molecule has 2 aromatic carbocycles. The van der Waals surface area contributed by atoms with Gasteiger partial charge in [0.2, 0.25) is 5.78 Å². The summed E-state index contributed by atoms with van der Waals surface area (Å²) in [6, 6.07) is 12.2. The first kappa shape index (κ1) is 13.8. The van der Waals surface area contributed by atoms with Gasteiger partial charge in [-0.2, -0.15) is 0 Å². The van der Waals surface area contributed by atoms with Crippen LogP contribution in [0, 0.1) is 12.3 Å². The molecule has 5 nitrogen and oxygen atoms in total. The number of furan rings is 1. The van der Waals surface area contributed by atoms with Crippen molar-refractivity contribution in [2.24, 2.45) is 12.8 Å². The number of benzene rings is 2. The van der Waals surface area contributed by atoms with E-state index >= 15 is 0 Å². The van der Waals surface area contributed by atoms with Crippen LogP contribution in [0.5, 0.6) is 0 Å². The van der Waals surface area contributed by atoms with Gasteiger partial charge in [-0.05, 0) is 36.4 Å². The number of fused-ring (bicyclic) bond motifs is 6. The predicted octanol–water partition coefficient (Wildman–Crippen LogP) is 3.64. The molecule has 5 rings (SSSR count). The van der Waals surface area contributed by atoms with E-state index in [1.807, 2.05) is 31.3 Å². The van der Waals surface area contributed by atoms with E-state index in [9.17, 15) is 0 Å². The van der Waals surface area contributed by atoms with Crippen LogP contribution in [0.4, 0.5) is 0 Å². The van der Waals surface area contributed by atoms with Crippen molar-refractivity contribution in [1.29, 1.82) is 0 Å². The number of hydrogen-bond donors (Lipinski definition) is 1. The highest BCUT2D eigenvalue weighted by Crippen LogP contribution is 2.33. The van der Waals surface area contributed by atoms with Crippen molar-refractivity contribution in [2.45, 2.75) is 0 Å². The Hall–Kier alpha value is -3.65.